The molecule has 1 nitrogen and oxygen atoms in total. The van der Waals surface area contributed by atoms with Crippen LogP contribution in [0.15, 0.2) is 30.3 Å². The third-order valence-electron chi connectivity index (χ3n) is 2.20. The summed E-state index contributed by atoms with van der Waals surface area (Å²) in [7, 11) is 0. The number of benzene rings is 1. The average Bonchev–Trinajstić information content (AvgIpc) is 2.66. The van der Waals surface area contributed by atoms with Gasteiger partial charge < -0.3 is 5.32 Å². The molecule has 0 bridgehead atoms. The Bertz CT molecular complexity index is 494. The fourth-order valence-electron chi connectivity index (χ4n) is 1.40. The predicted molar refractivity (Wildman–Crippen MR) is 72.8 cm³/mol. The van der Waals surface area contributed by atoms with Crippen molar-refractivity contribution in [3.05, 3.63) is 50.1 Å². The van der Waals surface area contributed by atoms with Gasteiger partial charge in [-0.2, -0.15) is 0 Å². The van der Waals surface area contributed by atoms with E-state index in [1.54, 1.807) is 11.3 Å². The topological polar surface area (TPSA) is 12.0 Å². The fraction of sp³-hybridized carbons (Fsp3) is 0.167. The molecular weight excluding hydrogens is 261 g/mol. The van der Waals surface area contributed by atoms with Gasteiger partial charge in [0.05, 0.1) is 15.0 Å². The largest absolute Gasteiger partial charge is 0.379 e. The highest BCUT2D eigenvalue weighted by molar-refractivity contribution is 7.16. The summed E-state index contributed by atoms with van der Waals surface area (Å²) in [6, 6.07) is 9.86. The van der Waals surface area contributed by atoms with E-state index in [9.17, 15) is 0 Å². The molecule has 0 atom stereocenters. The number of aryl methyl sites for hydroxylation is 1. The zero-order valence-corrected chi connectivity index (χ0v) is 11.1. The number of hydrogen-bond acceptors (Lipinski definition) is 2. The molecule has 0 aliphatic carbocycles. The molecule has 16 heavy (non-hydrogen) atoms. The predicted octanol–water partition coefficient (Wildman–Crippen LogP) is 4.98. The lowest BCUT2D eigenvalue weighted by Gasteiger charge is -2.07. The summed E-state index contributed by atoms with van der Waals surface area (Å²) >= 11 is 13.5. The summed E-state index contributed by atoms with van der Waals surface area (Å²) in [5.74, 6) is 0. The highest BCUT2D eigenvalue weighted by atomic mass is 35.5. The van der Waals surface area contributed by atoms with Crippen molar-refractivity contribution >= 4 is 40.2 Å². The second-order valence-electron chi connectivity index (χ2n) is 3.54. The Balaban J connectivity index is 2.07. The van der Waals surface area contributed by atoms with Crippen molar-refractivity contribution in [2.45, 2.75) is 13.5 Å². The molecule has 0 saturated carbocycles. The van der Waals surface area contributed by atoms with Crippen molar-refractivity contribution in [1.29, 1.82) is 0 Å². The molecule has 1 N–H and O–H groups in total. The molecule has 0 fully saturated rings. The fourth-order valence-corrected chi connectivity index (χ4v) is 2.62. The highest BCUT2D eigenvalue weighted by Gasteiger charge is 2.01. The zero-order valence-electron chi connectivity index (χ0n) is 8.76. The van der Waals surface area contributed by atoms with E-state index in [0.29, 0.717) is 0 Å². The minimum atomic E-state index is 0.744. The van der Waals surface area contributed by atoms with Gasteiger partial charge in [0.25, 0.3) is 0 Å². The van der Waals surface area contributed by atoms with E-state index in [1.165, 1.54) is 10.4 Å². The van der Waals surface area contributed by atoms with Crippen molar-refractivity contribution in [3.63, 3.8) is 0 Å². The molecule has 1 aromatic heterocycles. The van der Waals surface area contributed by atoms with Gasteiger partial charge in [-0.1, -0.05) is 29.3 Å². The molecule has 0 saturated heterocycles. The molecule has 4 heteroatoms. The monoisotopic (exact) mass is 271 g/mol. The van der Waals surface area contributed by atoms with Gasteiger partial charge in [0.2, 0.25) is 0 Å². The van der Waals surface area contributed by atoms with E-state index >= 15 is 0 Å². The summed E-state index contributed by atoms with van der Waals surface area (Å²) in [6.07, 6.45) is 0. The summed E-state index contributed by atoms with van der Waals surface area (Å²) < 4.78 is 0.812. The summed E-state index contributed by atoms with van der Waals surface area (Å²) in [4.78, 5) is 1.20. The first-order valence-corrected chi connectivity index (χ1v) is 6.46. The molecular formula is C12H11Cl2NS. The van der Waals surface area contributed by atoms with Crippen LogP contribution in [0.25, 0.3) is 0 Å². The Kier molecular flexibility index (Phi) is 3.74. The Morgan fingerprint density at radius 3 is 2.69 bits per heavy atom. The lowest BCUT2D eigenvalue weighted by molar-refractivity contribution is 1.19. The van der Waals surface area contributed by atoms with Gasteiger partial charge in [-0.15, -0.1) is 11.3 Å². The molecule has 0 aliphatic heterocycles. The van der Waals surface area contributed by atoms with E-state index in [1.807, 2.05) is 37.3 Å². The van der Waals surface area contributed by atoms with E-state index in [4.69, 9.17) is 23.2 Å². The van der Waals surface area contributed by atoms with Crippen LogP contribution in [0.1, 0.15) is 10.4 Å². The van der Waals surface area contributed by atoms with Crippen LogP contribution in [0, 0.1) is 6.92 Å². The lowest BCUT2D eigenvalue weighted by atomic mass is 10.2. The van der Waals surface area contributed by atoms with Gasteiger partial charge in [0.15, 0.2) is 0 Å². The minimum Gasteiger partial charge on any atom is -0.379 e. The van der Waals surface area contributed by atoms with Gasteiger partial charge in [0.1, 0.15) is 0 Å². The molecule has 0 aliphatic rings. The number of rotatable bonds is 3. The number of hydrogen-bond donors (Lipinski definition) is 1. The van der Waals surface area contributed by atoms with E-state index in [2.05, 4.69) is 5.32 Å². The maximum Gasteiger partial charge on any atom is 0.0931 e. The standard InChI is InChI=1S/C12H11Cl2NS/c1-8-2-4-10(13)11(6-8)15-7-9-3-5-12(14)16-9/h2-6,15H,7H2,1H3. The van der Waals surface area contributed by atoms with Gasteiger partial charge in [-0.05, 0) is 36.8 Å². The lowest BCUT2D eigenvalue weighted by Crippen LogP contribution is -1.98. The second kappa shape index (κ2) is 5.09. The number of halogens is 2. The first-order chi connectivity index (χ1) is 7.65. The Hall–Kier alpha value is -0.700. The van der Waals surface area contributed by atoms with Crippen LogP contribution in [0.5, 0.6) is 0 Å². The molecule has 1 aromatic carbocycles. The zero-order chi connectivity index (χ0) is 11.5. The van der Waals surface area contributed by atoms with Crippen LogP contribution in [0.4, 0.5) is 5.69 Å². The van der Waals surface area contributed by atoms with Crippen LogP contribution in [0.3, 0.4) is 0 Å². The smallest absolute Gasteiger partial charge is 0.0931 e. The maximum atomic E-state index is 6.08. The Morgan fingerprint density at radius 1 is 1.19 bits per heavy atom. The number of anilines is 1. The van der Waals surface area contributed by atoms with E-state index < -0.39 is 0 Å². The Labute approximate surface area is 109 Å². The second-order valence-corrected chi connectivity index (χ2v) is 5.75. The molecule has 84 valence electrons. The van der Waals surface area contributed by atoms with E-state index in [-0.39, 0.29) is 0 Å². The van der Waals surface area contributed by atoms with Crippen molar-refractivity contribution in [3.8, 4) is 0 Å². The van der Waals surface area contributed by atoms with Gasteiger partial charge >= 0.3 is 0 Å². The van der Waals surface area contributed by atoms with Crippen molar-refractivity contribution < 1.29 is 0 Å². The first kappa shape index (κ1) is 11.8. The van der Waals surface area contributed by atoms with E-state index in [0.717, 1.165) is 21.6 Å². The molecule has 0 unspecified atom stereocenters. The maximum absolute atomic E-state index is 6.08. The van der Waals surface area contributed by atoms with Crippen molar-refractivity contribution in [1.82, 2.24) is 0 Å². The molecule has 2 aromatic rings. The normalized spacial score (nSPS) is 10.4. The third kappa shape index (κ3) is 2.91. The van der Waals surface area contributed by atoms with Crippen LogP contribution < -0.4 is 5.32 Å². The highest BCUT2D eigenvalue weighted by Crippen LogP contribution is 2.26. The quantitative estimate of drug-likeness (QED) is 0.831. The first-order valence-electron chi connectivity index (χ1n) is 4.89. The van der Waals surface area contributed by atoms with Crippen LogP contribution >= 0.6 is 34.5 Å². The minimum absolute atomic E-state index is 0.744. The van der Waals surface area contributed by atoms with Crippen LogP contribution in [0.2, 0.25) is 9.36 Å². The SMILES string of the molecule is Cc1ccc(Cl)c(NCc2ccc(Cl)s2)c1. The number of thiophene rings is 1. The van der Waals surface area contributed by atoms with Crippen molar-refractivity contribution in [2.75, 3.05) is 5.32 Å². The average molecular weight is 272 g/mol. The Morgan fingerprint density at radius 2 is 2.00 bits per heavy atom. The van der Waals surface area contributed by atoms with Gasteiger partial charge in [0, 0.05) is 11.4 Å². The molecule has 0 radical (unpaired) electrons. The van der Waals surface area contributed by atoms with Crippen molar-refractivity contribution in [2.24, 2.45) is 0 Å². The van der Waals surface area contributed by atoms with Gasteiger partial charge in [-0.25, -0.2) is 0 Å². The number of nitrogens with one attached hydrogen (secondary N) is 1. The molecule has 0 spiro atoms. The molecule has 0 amide bonds. The molecule has 2 rings (SSSR count). The summed E-state index contributed by atoms with van der Waals surface area (Å²) in [5.41, 5.74) is 2.15. The molecule has 1 heterocycles. The van der Waals surface area contributed by atoms with Gasteiger partial charge in [-0.3, -0.25) is 0 Å². The van der Waals surface area contributed by atoms with Crippen LogP contribution in [-0.2, 0) is 6.54 Å². The van der Waals surface area contributed by atoms with Crippen LogP contribution in [-0.4, -0.2) is 0 Å². The third-order valence-corrected chi connectivity index (χ3v) is 3.76. The summed E-state index contributed by atoms with van der Waals surface area (Å²) in [5, 5.41) is 4.05. The summed E-state index contributed by atoms with van der Waals surface area (Å²) in [6.45, 7) is 2.80.